The number of hydrogen-bond donors (Lipinski definition) is 1. The van der Waals surface area contributed by atoms with Gasteiger partial charge in [0.05, 0.1) is 23.6 Å². The minimum Gasteiger partial charge on any atom is -0.495 e. The second-order valence-corrected chi connectivity index (χ2v) is 7.30. The van der Waals surface area contributed by atoms with E-state index in [0.717, 1.165) is 10.2 Å². The Labute approximate surface area is 167 Å². The van der Waals surface area contributed by atoms with E-state index < -0.39 is 0 Å². The zero-order valence-electron chi connectivity index (χ0n) is 13.5. The van der Waals surface area contributed by atoms with Gasteiger partial charge in [-0.15, -0.1) is 5.10 Å². The Hall–Kier alpha value is -2.10. The summed E-state index contributed by atoms with van der Waals surface area (Å²) in [6.07, 6.45) is 0. The van der Waals surface area contributed by atoms with E-state index in [1.165, 1.54) is 18.9 Å². The van der Waals surface area contributed by atoms with Crippen LogP contribution in [0.4, 0.5) is 5.69 Å². The van der Waals surface area contributed by atoms with Crippen LogP contribution in [0.3, 0.4) is 0 Å². The molecule has 0 spiro atoms. The molecule has 0 aliphatic carbocycles. The minimum atomic E-state index is -0.193. The van der Waals surface area contributed by atoms with Crippen molar-refractivity contribution in [2.24, 2.45) is 0 Å². The molecule has 10 heteroatoms. The molecule has 3 rings (SSSR count). The molecular formula is C16H13BrClN5O2S. The number of carbonyl (C=O) groups excluding carboxylic acids is 1. The van der Waals surface area contributed by atoms with Gasteiger partial charge in [-0.1, -0.05) is 39.3 Å². The van der Waals surface area contributed by atoms with Gasteiger partial charge in [0.2, 0.25) is 11.1 Å². The van der Waals surface area contributed by atoms with Crippen molar-refractivity contribution < 1.29 is 9.53 Å². The van der Waals surface area contributed by atoms with Gasteiger partial charge in [-0.3, -0.25) is 4.79 Å². The summed E-state index contributed by atoms with van der Waals surface area (Å²) in [5, 5.41) is 15.3. The van der Waals surface area contributed by atoms with Crippen molar-refractivity contribution in [1.82, 2.24) is 20.2 Å². The fourth-order valence-electron chi connectivity index (χ4n) is 2.08. The van der Waals surface area contributed by atoms with E-state index in [1.54, 1.807) is 22.9 Å². The number of nitrogens with one attached hydrogen (secondary N) is 1. The monoisotopic (exact) mass is 453 g/mol. The number of ether oxygens (including phenoxy) is 1. The third-order valence-corrected chi connectivity index (χ3v) is 5.02. The summed E-state index contributed by atoms with van der Waals surface area (Å²) < 4.78 is 7.62. The van der Waals surface area contributed by atoms with Gasteiger partial charge < -0.3 is 10.1 Å². The number of thioether (sulfide) groups is 1. The summed E-state index contributed by atoms with van der Waals surface area (Å²) in [6, 6.07) is 12.6. The molecule has 0 bridgehead atoms. The van der Waals surface area contributed by atoms with Crippen molar-refractivity contribution >= 4 is 50.9 Å². The number of carbonyl (C=O) groups is 1. The molecule has 0 unspecified atom stereocenters. The normalized spacial score (nSPS) is 10.6. The predicted molar refractivity (Wildman–Crippen MR) is 104 cm³/mol. The van der Waals surface area contributed by atoms with Gasteiger partial charge in [0.25, 0.3) is 0 Å². The Balaban J connectivity index is 1.63. The van der Waals surface area contributed by atoms with E-state index in [4.69, 9.17) is 16.3 Å². The Kier molecular flexibility index (Phi) is 6.12. The second-order valence-electron chi connectivity index (χ2n) is 5.04. The maximum absolute atomic E-state index is 12.2. The molecular weight excluding hydrogens is 442 g/mol. The van der Waals surface area contributed by atoms with Crippen LogP contribution in [0, 0.1) is 0 Å². The lowest BCUT2D eigenvalue weighted by Gasteiger charge is -2.08. The number of amides is 1. The molecule has 1 aromatic heterocycles. The van der Waals surface area contributed by atoms with Crippen molar-refractivity contribution in [3.05, 3.63) is 52.0 Å². The van der Waals surface area contributed by atoms with Crippen molar-refractivity contribution in [2.75, 3.05) is 18.2 Å². The fraction of sp³-hybridized carbons (Fsp3) is 0.125. The van der Waals surface area contributed by atoms with Crippen molar-refractivity contribution in [1.29, 1.82) is 0 Å². The first kappa shape index (κ1) is 18.7. The summed E-state index contributed by atoms with van der Waals surface area (Å²) in [5.41, 5.74) is 1.40. The topological polar surface area (TPSA) is 81.9 Å². The summed E-state index contributed by atoms with van der Waals surface area (Å²) >= 11 is 10.7. The van der Waals surface area contributed by atoms with E-state index >= 15 is 0 Å². The highest BCUT2D eigenvalue weighted by molar-refractivity contribution is 9.10. The number of rotatable bonds is 6. The van der Waals surface area contributed by atoms with Gasteiger partial charge in [-0.25, -0.2) is 0 Å². The van der Waals surface area contributed by atoms with E-state index in [-0.39, 0.29) is 11.7 Å². The lowest BCUT2D eigenvalue weighted by atomic mass is 10.3. The molecule has 0 fully saturated rings. The van der Waals surface area contributed by atoms with Gasteiger partial charge in [-0.2, -0.15) is 4.68 Å². The Morgan fingerprint density at radius 2 is 2.08 bits per heavy atom. The lowest BCUT2D eigenvalue weighted by molar-refractivity contribution is -0.113. The van der Waals surface area contributed by atoms with E-state index in [9.17, 15) is 4.79 Å². The van der Waals surface area contributed by atoms with Gasteiger partial charge >= 0.3 is 0 Å². The molecule has 26 heavy (non-hydrogen) atoms. The molecule has 0 saturated carbocycles. The first-order valence-corrected chi connectivity index (χ1v) is 9.53. The third kappa shape index (κ3) is 4.54. The Morgan fingerprint density at radius 3 is 2.77 bits per heavy atom. The SMILES string of the molecule is COc1ccc(NC(=O)CSc2nnnn2-c2ccc(Br)cc2)cc1Cl. The molecule has 0 saturated heterocycles. The second kappa shape index (κ2) is 8.52. The van der Waals surface area contributed by atoms with Crippen LogP contribution in [-0.4, -0.2) is 39.0 Å². The number of tetrazole rings is 1. The van der Waals surface area contributed by atoms with Crippen molar-refractivity contribution in [3.63, 3.8) is 0 Å². The average Bonchev–Trinajstić information content (AvgIpc) is 3.09. The van der Waals surface area contributed by atoms with Crippen LogP contribution in [0.1, 0.15) is 0 Å². The van der Waals surface area contributed by atoms with Gasteiger partial charge in [0.15, 0.2) is 0 Å². The number of benzene rings is 2. The van der Waals surface area contributed by atoms with Crippen LogP contribution in [0.15, 0.2) is 52.1 Å². The van der Waals surface area contributed by atoms with Crippen LogP contribution in [0.25, 0.3) is 5.69 Å². The van der Waals surface area contributed by atoms with E-state index in [2.05, 4.69) is 36.8 Å². The molecule has 7 nitrogen and oxygen atoms in total. The number of hydrogen-bond acceptors (Lipinski definition) is 6. The molecule has 0 radical (unpaired) electrons. The molecule has 2 aromatic carbocycles. The number of halogens is 2. The highest BCUT2D eigenvalue weighted by atomic mass is 79.9. The number of nitrogens with zero attached hydrogens (tertiary/aromatic N) is 4. The lowest BCUT2D eigenvalue weighted by Crippen LogP contribution is -2.14. The Bertz CT molecular complexity index is 919. The molecule has 1 amide bonds. The summed E-state index contributed by atoms with van der Waals surface area (Å²) in [5.74, 6) is 0.509. The molecule has 134 valence electrons. The quantitative estimate of drug-likeness (QED) is 0.570. The van der Waals surface area contributed by atoms with E-state index in [0.29, 0.717) is 21.6 Å². The van der Waals surface area contributed by atoms with Crippen LogP contribution in [0.2, 0.25) is 5.02 Å². The standard InChI is InChI=1S/C16H13BrClN5O2S/c1-25-14-7-4-11(8-13(14)18)19-15(24)9-26-16-20-21-22-23(16)12-5-2-10(17)3-6-12/h2-8H,9H2,1H3,(H,19,24). The fourth-order valence-corrected chi connectivity index (χ4v) is 3.30. The average molecular weight is 455 g/mol. The molecule has 1 heterocycles. The number of aromatic nitrogens is 4. The zero-order chi connectivity index (χ0) is 18.5. The van der Waals surface area contributed by atoms with Crippen LogP contribution in [-0.2, 0) is 4.79 Å². The first-order chi connectivity index (χ1) is 12.6. The predicted octanol–water partition coefficient (Wildman–Crippen LogP) is 3.82. The highest BCUT2D eigenvalue weighted by Gasteiger charge is 2.12. The van der Waals surface area contributed by atoms with Crippen LogP contribution >= 0.6 is 39.3 Å². The van der Waals surface area contributed by atoms with Gasteiger partial charge in [-0.05, 0) is 52.9 Å². The van der Waals surface area contributed by atoms with Crippen LogP contribution < -0.4 is 10.1 Å². The third-order valence-electron chi connectivity index (χ3n) is 3.28. The van der Waals surface area contributed by atoms with E-state index in [1.807, 2.05) is 24.3 Å². The molecule has 0 atom stereocenters. The van der Waals surface area contributed by atoms with Gasteiger partial charge in [0.1, 0.15) is 5.75 Å². The van der Waals surface area contributed by atoms with Crippen molar-refractivity contribution in [2.45, 2.75) is 5.16 Å². The largest absolute Gasteiger partial charge is 0.495 e. The smallest absolute Gasteiger partial charge is 0.234 e. The highest BCUT2D eigenvalue weighted by Crippen LogP contribution is 2.27. The zero-order valence-corrected chi connectivity index (χ0v) is 16.7. The molecule has 0 aliphatic rings. The number of methoxy groups -OCH3 is 1. The number of anilines is 1. The first-order valence-electron chi connectivity index (χ1n) is 7.37. The minimum absolute atomic E-state index is 0.153. The molecule has 0 aliphatic heterocycles. The summed E-state index contributed by atoms with van der Waals surface area (Å²) in [6.45, 7) is 0. The molecule has 3 aromatic rings. The maximum atomic E-state index is 12.2. The van der Waals surface area contributed by atoms with Crippen LogP contribution in [0.5, 0.6) is 5.75 Å². The molecule has 1 N–H and O–H groups in total. The Morgan fingerprint density at radius 1 is 1.31 bits per heavy atom. The summed E-state index contributed by atoms with van der Waals surface area (Å²) in [4.78, 5) is 12.2. The maximum Gasteiger partial charge on any atom is 0.234 e. The van der Waals surface area contributed by atoms with Crippen molar-refractivity contribution in [3.8, 4) is 11.4 Å². The van der Waals surface area contributed by atoms with Gasteiger partial charge in [0, 0.05) is 10.2 Å². The summed E-state index contributed by atoms with van der Waals surface area (Å²) in [7, 11) is 1.53.